The minimum atomic E-state index is -0.649. The van der Waals surface area contributed by atoms with Crippen LogP contribution < -0.4 is 0 Å². The van der Waals surface area contributed by atoms with Crippen LogP contribution in [0.3, 0.4) is 0 Å². The van der Waals surface area contributed by atoms with Crippen molar-refractivity contribution in [1.82, 2.24) is 4.90 Å². The van der Waals surface area contributed by atoms with Gasteiger partial charge < -0.3 is 4.74 Å². The molecule has 2 atom stereocenters. The van der Waals surface area contributed by atoms with Gasteiger partial charge in [0.25, 0.3) is 0 Å². The zero-order chi connectivity index (χ0) is 18.1. The van der Waals surface area contributed by atoms with E-state index in [2.05, 4.69) is 17.0 Å². The summed E-state index contributed by atoms with van der Waals surface area (Å²) in [5, 5.41) is 0. The second kappa shape index (κ2) is 7.25. The zero-order valence-corrected chi connectivity index (χ0v) is 14.4. The summed E-state index contributed by atoms with van der Waals surface area (Å²) in [7, 11) is 0. The first-order valence-electron chi connectivity index (χ1n) is 8.98. The Bertz CT molecular complexity index is 782. The van der Waals surface area contributed by atoms with Gasteiger partial charge in [-0.15, -0.1) is 0 Å². The number of fused-ring (bicyclic) bond motifs is 2. The fraction of sp³-hybridized carbons (Fsp3) is 0.381. The van der Waals surface area contributed by atoms with Crippen LogP contribution in [-0.4, -0.2) is 36.0 Å². The number of halogens is 2. The molecule has 0 spiro atoms. The molecule has 2 fully saturated rings. The predicted octanol–water partition coefficient (Wildman–Crippen LogP) is 3.83. The van der Waals surface area contributed by atoms with Crippen LogP contribution in [0.1, 0.15) is 28.8 Å². The van der Waals surface area contributed by atoms with Gasteiger partial charge in [0.2, 0.25) is 0 Å². The maximum Gasteiger partial charge on any atom is 0.169 e. The predicted molar refractivity (Wildman–Crippen MR) is 93.8 cm³/mol. The first-order chi connectivity index (χ1) is 12.6. The van der Waals surface area contributed by atoms with E-state index in [1.165, 1.54) is 5.56 Å². The second-order valence-corrected chi connectivity index (χ2v) is 7.16. The molecule has 0 aliphatic carbocycles. The third-order valence-corrected chi connectivity index (χ3v) is 5.44. The van der Waals surface area contributed by atoms with Crippen molar-refractivity contribution in [1.29, 1.82) is 0 Å². The van der Waals surface area contributed by atoms with Gasteiger partial charge in [-0.1, -0.05) is 30.3 Å². The fourth-order valence-electron chi connectivity index (χ4n) is 4.16. The Morgan fingerprint density at radius 1 is 1.04 bits per heavy atom. The summed E-state index contributed by atoms with van der Waals surface area (Å²) in [4.78, 5) is 15.2. The molecule has 0 N–H and O–H groups in total. The number of rotatable bonds is 4. The monoisotopic (exact) mass is 357 g/mol. The van der Waals surface area contributed by atoms with Gasteiger partial charge in [-0.05, 0) is 36.6 Å². The molecule has 3 nitrogen and oxygen atoms in total. The van der Waals surface area contributed by atoms with Crippen LogP contribution in [0, 0.1) is 17.6 Å². The molecule has 0 saturated carbocycles. The fourth-order valence-corrected chi connectivity index (χ4v) is 4.16. The lowest BCUT2D eigenvalue weighted by Crippen LogP contribution is -2.57. The lowest BCUT2D eigenvalue weighted by atomic mass is 9.80. The van der Waals surface area contributed by atoms with Crippen molar-refractivity contribution in [2.45, 2.75) is 31.5 Å². The van der Waals surface area contributed by atoms with Crippen LogP contribution in [0.15, 0.2) is 48.5 Å². The van der Waals surface area contributed by atoms with Gasteiger partial charge in [0.05, 0.1) is 18.8 Å². The number of benzene rings is 2. The van der Waals surface area contributed by atoms with Crippen LogP contribution in [0.2, 0.25) is 0 Å². The number of carbonyl (C=O) groups is 1. The lowest BCUT2D eigenvalue weighted by molar-refractivity contribution is -0.0873. The van der Waals surface area contributed by atoms with Crippen LogP contribution in [0.25, 0.3) is 0 Å². The van der Waals surface area contributed by atoms with Gasteiger partial charge in [-0.3, -0.25) is 9.69 Å². The third-order valence-electron chi connectivity index (χ3n) is 5.44. The highest BCUT2D eigenvalue weighted by Gasteiger charge is 2.41. The quantitative estimate of drug-likeness (QED) is 0.779. The summed E-state index contributed by atoms with van der Waals surface area (Å²) < 4.78 is 33.2. The number of morpholine rings is 1. The zero-order valence-electron chi connectivity index (χ0n) is 14.4. The Morgan fingerprint density at radius 2 is 1.73 bits per heavy atom. The number of hydrogen-bond acceptors (Lipinski definition) is 3. The summed E-state index contributed by atoms with van der Waals surface area (Å²) in [6, 6.07) is 13.5. The largest absolute Gasteiger partial charge is 0.378 e. The van der Waals surface area contributed by atoms with E-state index in [1.807, 2.05) is 18.2 Å². The summed E-state index contributed by atoms with van der Waals surface area (Å²) in [5.41, 5.74) is 1.09. The molecule has 0 aromatic heterocycles. The first kappa shape index (κ1) is 17.3. The maximum absolute atomic E-state index is 14.0. The van der Waals surface area contributed by atoms with E-state index in [-0.39, 0.29) is 29.3 Å². The van der Waals surface area contributed by atoms with Gasteiger partial charge in [0.1, 0.15) is 11.6 Å². The van der Waals surface area contributed by atoms with Crippen LogP contribution in [0.5, 0.6) is 0 Å². The van der Waals surface area contributed by atoms with Crippen molar-refractivity contribution >= 4 is 5.78 Å². The van der Waals surface area contributed by atoms with Crippen molar-refractivity contribution in [3.05, 3.63) is 71.3 Å². The summed E-state index contributed by atoms with van der Waals surface area (Å²) in [6.07, 6.45) is 1.22. The van der Waals surface area contributed by atoms with Gasteiger partial charge in [0, 0.05) is 24.5 Å². The van der Waals surface area contributed by atoms with Gasteiger partial charge in [-0.25, -0.2) is 8.78 Å². The molecule has 2 unspecified atom stereocenters. The Labute approximate surface area is 151 Å². The Hall–Kier alpha value is -2.11. The summed E-state index contributed by atoms with van der Waals surface area (Å²) in [5.74, 6) is -1.82. The molecule has 2 aromatic rings. The van der Waals surface area contributed by atoms with Crippen molar-refractivity contribution in [2.24, 2.45) is 5.92 Å². The minimum Gasteiger partial charge on any atom is -0.378 e. The van der Waals surface area contributed by atoms with Crippen molar-refractivity contribution in [3.63, 3.8) is 0 Å². The van der Waals surface area contributed by atoms with E-state index in [9.17, 15) is 13.6 Å². The molecule has 2 aliphatic rings. The highest BCUT2D eigenvalue weighted by molar-refractivity contribution is 5.98. The van der Waals surface area contributed by atoms with E-state index in [4.69, 9.17) is 4.74 Å². The molecule has 4 rings (SSSR count). The van der Waals surface area contributed by atoms with Crippen LogP contribution >= 0.6 is 0 Å². The number of ketones is 1. The minimum absolute atomic E-state index is 0.119. The van der Waals surface area contributed by atoms with Gasteiger partial charge >= 0.3 is 0 Å². The number of carbonyl (C=O) groups excluding carboxylic acids is 1. The molecule has 0 radical (unpaired) electrons. The Morgan fingerprint density at radius 3 is 2.42 bits per heavy atom. The number of Topliss-reactive ketones (excluding diaryl/α,β-unsaturated/α-hetero) is 1. The highest BCUT2D eigenvalue weighted by atomic mass is 19.1. The molecule has 5 heteroatoms. The molecule has 136 valence electrons. The first-order valence-corrected chi connectivity index (χ1v) is 8.98. The Balaban J connectivity index is 1.52. The van der Waals surface area contributed by atoms with E-state index >= 15 is 0 Å². The molecule has 2 aromatic carbocycles. The van der Waals surface area contributed by atoms with E-state index in [0.29, 0.717) is 26.1 Å². The van der Waals surface area contributed by atoms with Crippen LogP contribution in [0.4, 0.5) is 8.78 Å². The molecule has 2 aliphatic heterocycles. The molecule has 26 heavy (non-hydrogen) atoms. The third kappa shape index (κ3) is 3.41. The van der Waals surface area contributed by atoms with E-state index in [1.54, 1.807) is 0 Å². The number of nitrogens with zero attached hydrogens (tertiary/aromatic N) is 1. The van der Waals surface area contributed by atoms with Gasteiger partial charge in [-0.2, -0.15) is 0 Å². The number of piperidine rings is 1. The SMILES string of the molecule is O=C(c1cc(F)ccc1F)C1CC2COCC(C1)N2Cc1ccccc1. The van der Waals surface area contributed by atoms with Crippen molar-refractivity contribution in [3.8, 4) is 0 Å². The van der Waals surface area contributed by atoms with Crippen molar-refractivity contribution < 1.29 is 18.3 Å². The average Bonchev–Trinajstić information content (AvgIpc) is 2.64. The Kier molecular flexibility index (Phi) is 4.83. The molecule has 2 heterocycles. The molecule has 2 bridgehead atoms. The lowest BCUT2D eigenvalue weighted by Gasteiger charge is -2.48. The normalized spacial score (nSPS) is 25.8. The standard InChI is InChI=1S/C21H21F2NO2/c22-16-6-7-20(23)19(10-16)21(25)15-8-17-12-26-13-18(9-15)24(17)11-14-4-2-1-3-5-14/h1-7,10,15,17-18H,8-9,11-13H2. The van der Waals surface area contributed by atoms with E-state index < -0.39 is 11.6 Å². The molecular weight excluding hydrogens is 336 g/mol. The molecular formula is C21H21F2NO2. The van der Waals surface area contributed by atoms with E-state index in [0.717, 1.165) is 24.7 Å². The summed E-state index contributed by atoms with van der Waals surface area (Å²) in [6.45, 7) is 1.95. The second-order valence-electron chi connectivity index (χ2n) is 7.16. The number of hydrogen-bond donors (Lipinski definition) is 0. The molecule has 0 amide bonds. The smallest absolute Gasteiger partial charge is 0.169 e. The summed E-state index contributed by atoms with van der Waals surface area (Å²) >= 11 is 0. The van der Waals surface area contributed by atoms with Gasteiger partial charge in [0.15, 0.2) is 5.78 Å². The number of ether oxygens (including phenoxy) is 1. The van der Waals surface area contributed by atoms with Crippen molar-refractivity contribution in [2.75, 3.05) is 13.2 Å². The van der Waals surface area contributed by atoms with Crippen LogP contribution in [-0.2, 0) is 11.3 Å². The topological polar surface area (TPSA) is 29.5 Å². The molecule has 2 saturated heterocycles. The highest BCUT2D eigenvalue weighted by Crippen LogP contribution is 2.35. The maximum atomic E-state index is 14.0. The average molecular weight is 357 g/mol.